The first-order chi connectivity index (χ1) is 9.20. The van der Waals surface area contributed by atoms with Crippen molar-refractivity contribution in [3.8, 4) is 0 Å². The van der Waals surface area contributed by atoms with E-state index in [4.69, 9.17) is 16.7 Å². The minimum Gasteiger partial charge on any atom is -0.392 e. The highest BCUT2D eigenvalue weighted by atomic mass is 35.5. The Balaban J connectivity index is 1.92. The predicted molar refractivity (Wildman–Crippen MR) is 74.3 cm³/mol. The van der Waals surface area contributed by atoms with Gasteiger partial charge in [-0.2, -0.15) is 0 Å². The molecule has 2 nitrogen and oxygen atoms in total. The van der Waals surface area contributed by atoms with Crippen molar-refractivity contribution < 1.29 is 9.50 Å². The average molecular weight is 280 g/mol. The molecule has 0 amide bonds. The Morgan fingerprint density at radius 1 is 1.00 bits per heavy atom. The summed E-state index contributed by atoms with van der Waals surface area (Å²) in [6, 6.07) is 12.3. The molecule has 0 fully saturated rings. The zero-order valence-corrected chi connectivity index (χ0v) is 11.1. The van der Waals surface area contributed by atoms with Gasteiger partial charge in [-0.1, -0.05) is 41.9 Å². The Hall–Kier alpha value is -1.42. The predicted octanol–water partition coefficient (Wildman–Crippen LogP) is 3.26. The summed E-state index contributed by atoms with van der Waals surface area (Å²) in [5.41, 5.74) is 2.43. The summed E-state index contributed by atoms with van der Waals surface area (Å²) in [5, 5.41) is 12.5. The molecule has 2 N–H and O–H groups in total. The maximum absolute atomic E-state index is 13.5. The van der Waals surface area contributed by atoms with Gasteiger partial charge in [0.2, 0.25) is 0 Å². The zero-order valence-electron chi connectivity index (χ0n) is 10.4. The second-order valence-electron chi connectivity index (χ2n) is 4.28. The third kappa shape index (κ3) is 3.77. The molecule has 0 atom stereocenters. The summed E-state index contributed by atoms with van der Waals surface area (Å²) in [6.07, 6.45) is 0. The molecule has 0 aliphatic carbocycles. The summed E-state index contributed by atoms with van der Waals surface area (Å²) in [7, 11) is 0. The van der Waals surface area contributed by atoms with E-state index >= 15 is 0 Å². The van der Waals surface area contributed by atoms with Gasteiger partial charge in [-0.15, -0.1) is 0 Å². The number of benzene rings is 2. The summed E-state index contributed by atoms with van der Waals surface area (Å²) in [6.45, 7) is 1.04. The van der Waals surface area contributed by atoms with Crippen LogP contribution in [0.2, 0.25) is 5.02 Å². The molecule has 0 saturated heterocycles. The second-order valence-corrected chi connectivity index (χ2v) is 4.69. The Labute approximate surface area is 116 Å². The van der Waals surface area contributed by atoms with Crippen molar-refractivity contribution in [2.24, 2.45) is 0 Å². The fraction of sp³-hybridized carbons (Fsp3) is 0.200. The standard InChI is InChI=1S/C15H15ClFNO/c16-14-2-1-3-15(17)13(14)9-18-8-11-4-6-12(10-19)7-5-11/h1-7,18-19H,8-10H2. The van der Waals surface area contributed by atoms with Crippen molar-refractivity contribution >= 4 is 11.6 Å². The van der Waals surface area contributed by atoms with Crippen LogP contribution in [0, 0.1) is 5.82 Å². The Morgan fingerprint density at radius 2 is 1.68 bits per heavy atom. The number of halogens is 2. The molecule has 2 rings (SSSR count). The van der Waals surface area contributed by atoms with Gasteiger partial charge in [0.25, 0.3) is 0 Å². The van der Waals surface area contributed by atoms with Crippen LogP contribution in [-0.4, -0.2) is 5.11 Å². The Morgan fingerprint density at radius 3 is 2.32 bits per heavy atom. The molecule has 0 bridgehead atoms. The lowest BCUT2D eigenvalue weighted by atomic mass is 10.1. The van der Waals surface area contributed by atoms with E-state index in [1.54, 1.807) is 12.1 Å². The molecule has 0 unspecified atom stereocenters. The molecule has 0 saturated carbocycles. The lowest BCUT2D eigenvalue weighted by molar-refractivity contribution is 0.282. The molecule has 0 aliphatic heterocycles. The summed E-state index contributed by atoms with van der Waals surface area (Å²) < 4.78 is 13.5. The van der Waals surface area contributed by atoms with Crippen LogP contribution in [0.4, 0.5) is 4.39 Å². The highest BCUT2D eigenvalue weighted by Gasteiger charge is 2.05. The quantitative estimate of drug-likeness (QED) is 0.880. The van der Waals surface area contributed by atoms with Crippen molar-refractivity contribution in [3.05, 3.63) is 70.0 Å². The molecule has 4 heteroatoms. The van der Waals surface area contributed by atoms with E-state index in [2.05, 4.69) is 5.32 Å². The highest BCUT2D eigenvalue weighted by molar-refractivity contribution is 6.31. The summed E-state index contributed by atoms with van der Waals surface area (Å²) in [4.78, 5) is 0. The van der Waals surface area contributed by atoms with Gasteiger partial charge in [0, 0.05) is 23.7 Å². The molecule has 2 aromatic rings. The number of aliphatic hydroxyl groups is 1. The number of nitrogens with one attached hydrogen (secondary N) is 1. The molecule has 0 spiro atoms. The smallest absolute Gasteiger partial charge is 0.129 e. The highest BCUT2D eigenvalue weighted by Crippen LogP contribution is 2.18. The van der Waals surface area contributed by atoms with Gasteiger partial charge < -0.3 is 10.4 Å². The molecule has 2 aromatic carbocycles. The topological polar surface area (TPSA) is 32.3 Å². The van der Waals surface area contributed by atoms with Gasteiger partial charge in [0.1, 0.15) is 5.82 Å². The lowest BCUT2D eigenvalue weighted by Gasteiger charge is -2.08. The van der Waals surface area contributed by atoms with Crippen LogP contribution in [0.15, 0.2) is 42.5 Å². The number of hydrogen-bond donors (Lipinski definition) is 2. The third-order valence-electron chi connectivity index (χ3n) is 2.90. The molecule has 19 heavy (non-hydrogen) atoms. The van der Waals surface area contributed by atoms with Crippen LogP contribution in [-0.2, 0) is 19.7 Å². The molecule has 0 aliphatic rings. The van der Waals surface area contributed by atoms with Crippen molar-refractivity contribution in [1.82, 2.24) is 5.32 Å². The van der Waals surface area contributed by atoms with Gasteiger partial charge >= 0.3 is 0 Å². The van der Waals surface area contributed by atoms with E-state index in [1.807, 2.05) is 24.3 Å². The van der Waals surface area contributed by atoms with Crippen LogP contribution in [0.1, 0.15) is 16.7 Å². The molecule has 100 valence electrons. The fourth-order valence-electron chi connectivity index (χ4n) is 1.80. The fourth-order valence-corrected chi connectivity index (χ4v) is 2.03. The molecular weight excluding hydrogens is 265 g/mol. The van der Waals surface area contributed by atoms with Crippen LogP contribution >= 0.6 is 11.6 Å². The maximum atomic E-state index is 13.5. The molecule has 0 aromatic heterocycles. The maximum Gasteiger partial charge on any atom is 0.129 e. The van der Waals surface area contributed by atoms with Crippen LogP contribution in [0.5, 0.6) is 0 Å². The number of hydrogen-bond acceptors (Lipinski definition) is 2. The normalized spacial score (nSPS) is 10.7. The van der Waals surface area contributed by atoms with E-state index in [0.717, 1.165) is 11.1 Å². The van der Waals surface area contributed by atoms with Crippen molar-refractivity contribution in [2.45, 2.75) is 19.7 Å². The first-order valence-corrected chi connectivity index (χ1v) is 6.41. The first kappa shape index (κ1) is 14.0. The van der Waals surface area contributed by atoms with Crippen molar-refractivity contribution in [1.29, 1.82) is 0 Å². The van der Waals surface area contributed by atoms with E-state index in [9.17, 15) is 4.39 Å². The number of rotatable bonds is 5. The average Bonchev–Trinajstić information content (AvgIpc) is 2.43. The Bertz CT molecular complexity index is 522. The molecule has 0 heterocycles. The minimum absolute atomic E-state index is 0.0402. The lowest BCUT2D eigenvalue weighted by Crippen LogP contribution is -2.14. The van der Waals surface area contributed by atoms with E-state index < -0.39 is 0 Å². The van der Waals surface area contributed by atoms with E-state index in [1.165, 1.54) is 6.07 Å². The van der Waals surface area contributed by atoms with E-state index in [0.29, 0.717) is 23.7 Å². The van der Waals surface area contributed by atoms with Crippen LogP contribution < -0.4 is 5.32 Å². The van der Waals surface area contributed by atoms with Crippen LogP contribution in [0.25, 0.3) is 0 Å². The van der Waals surface area contributed by atoms with Crippen LogP contribution in [0.3, 0.4) is 0 Å². The molecular formula is C15H15ClFNO. The Kier molecular flexibility index (Phi) is 4.91. The largest absolute Gasteiger partial charge is 0.392 e. The second kappa shape index (κ2) is 6.66. The molecule has 0 radical (unpaired) electrons. The van der Waals surface area contributed by atoms with Gasteiger partial charge in [-0.25, -0.2) is 4.39 Å². The van der Waals surface area contributed by atoms with Gasteiger partial charge in [0.15, 0.2) is 0 Å². The first-order valence-electron chi connectivity index (χ1n) is 6.03. The summed E-state index contributed by atoms with van der Waals surface area (Å²) in [5.74, 6) is -0.296. The summed E-state index contributed by atoms with van der Waals surface area (Å²) >= 11 is 5.94. The third-order valence-corrected chi connectivity index (χ3v) is 3.25. The SMILES string of the molecule is OCc1ccc(CNCc2c(F)cccc2Cl)cc1. The van der Waals surface area contributed by atoms with Crippen molar-refractivity contribution in [2.75, 3.05) is 0 Å². The van der Waals surface area contributed by atoms with E-state index in [-0.39, 0.29) is 12.4 Å². The zero-order chi connectivity index (χ0) is 13.7. The van der Waals surface area contributed by atoms with Gasteiger partial charge in [0.05, 0.1) is 6.61 Å². The van der Waals surface area contributed by atoms with Crippen molar-refractivity contribution in [3.63, 3.8) is 0 Å². The minimum atomic E-state index is -0.296. The van der Waals surface area contributed by atoms with Gasteiger partial charge in [-0.3, -0.25) is 0 Å². The number of aliphatic hydroxyl groups excluding tert-OH is 1. The monoisotopic (exact) mass is 279 g/mol. The van der Waals surface area contributed by atoms with Gasteiger partial charge in [-0.05, 0) is 23.3 Å².